The lowest BCUT2D eigenvalue weighted by molar-refractivity contribution is 0.0383. The summed E-state index contributed by atoms with van der Waals surface area (Å²) in [6.07, 6.45) is 0. The maximum atomic E-state index is 12.4. The van der Waals surface area contributed by atoms with E-state index in [4.69, 9.17) is 9.15 Å². The lowest BCUT2D eigenvalue weighted by Crippen LogP contribution is -2.41. The predicted octanol–water partition coefficient (Wildman–Crippen LogP) is 2.07. The number of amides is 1. The van der Waals surface area contributed by atoms with Crippen LogP contribution in [-0.2, 0) is 4.74 Å². The predicted molar refractivity (Wildman–Crippen MR) is 97.5 cm³/mol. The Morgan fingerprint density at radius 3 is 2.84 bits per heavy atom. The van der Waals surface area contributed by atoms with E-state index in [0.717, 1.165) is 42.9 Å². The first-order valence-electron chi connectivity index (χ1n) is 8.26. The molecule has 2 aromatic heterocycles. The van der Waals surface area contributed by atoms with E-state index in [0.29, 0.717) is 22.4 Å². The van der Waals surface area contributed by atoms with Gasteiger partial charge < -0.3 is 14.5 Å². The second kappa shape index (κ2) is 6.95. The van der Waals surface area contributed by atoms with Gasteiger partial charge in [-0.15, -0.1) is 11.3 Å². The standard InChI is InChI=1S/C18H18N2O4S/c21-17(19-5-6-20-7-9-23-10-8-20)15-11-13-16(25-15)12-3-1-2-4-14(12)24-18(13)22/h1-4,11H,5-10H2,(H,19,21). The molecule has 25 heavy (non-hydrogen) atoms. The van der Waals surface area contributed by atoms with Gasteiger partial charge in [-0.3, -0.25) is 9.69 Å². The molecule has 0 aliphatic carbocycles. The third-order valence-corrected chi connectivity index (χ3v) is 5.49. The Morgan fingerprint density at radius 2 is 2.00 bits per heavy atom. The van der Waals surface area contributed by atoms with E-state index in [-0.39, 0.29) is 5.91 Å². The number of para-hydroxylation sites is 1. The normalized spacial score (nSPS) is 15.7. The molecule has 1 amide bonds. The Kier molecular flexibility index (Phi) is 4.52. The SMILES string of the molecule is O=C(NCCN1CCOCC1)c1cc2c(=O)oc3ccccc3c2s1. The van der Waals surface area contributed by atoms with Crippen molar-refractivity contribution in [3.05, 3.63) is 45.6 Å². The van der Waals surface area contributed by atoms with Crippen molar-refractivity contribution in [1.29, 1.82) is 0 Å². The van der Waals surface area contributed by atoms with Crippen molar-refractivity contribution in [1.82, 2.24) is 10.2 Å². The van der Waals surface area contributed by atoms with Crippen LogP contribution in [0, 0.1) is 0 Å². The van der Waals surface area contributed by atoms with Crippen LogP contribution in [0.15, 0.2) is 39.5 Å². The molecule has 0 radical (unpaired) electrons. The number of nitrogens with zero attached hydrogens (tertiary/aromatic N) is 1. The van der Waals surface area contributed by atoms with Crippen molar-refractivity contribution in [3.8, 4) is 0 Å². The molecule has 0 bridgehead atoms. The summed E-state index contributed by atoms with van der Waals surface area (Å²) in [6.45, 7) is 4.64. The molecule has 1 aliphatic heterocycles. The highest BCUT2D eigenvalue weighted by Gasteiger charge is 2.16. The van der Waals surface area contributed by atoms with Gasteiger partial charge in [0.1, 0.15) is 5.58 Å². The molecule has 1 aliphatic rings. The number of ether oxygens (including phenoxy) is 1. The zero-order chi connectivity index (χ0) is 17.2. The summed E-state index contributed by atoms with van der Waals surface area (Å²) in [6, 6.07) is 9.01. The Balaban J connectivity index is 1.52. The van der Waals surface area contributed by atoms with Crippen molar-refractivity contribution in [2.75, 3.05) is 39.4 Å². The molecule has 1 aromatic carbocycles. The average Bonchev–Trinajstić information content (AvgIpc) is 3.09. The number of morpholine rings is 1. The van der Waals surface area contributed by atoms with Gasteiger partial charge in [-0.05, 0) is 18.2 Å². The third kappa shape index (κ3) is 3.30. The van der Waals surface area contributed by atoms with Crippen LogP contribution >= 0.6 is 11.3 Å². The van der Waals surface area contributed by atoms with Crippen LogP contribution in [0.3, 0.4) is 0 Å². The van der Waals surface area contributed by atoms with Crippen LogP contribution in [0.25, 0.3) is 21.1 Å². The lowest BCUT2D eigenvalue weighted by Gasteiger charge is -2.26. The molecule has 3 heterocycles. The number of nitrogens with one attached hydrogen (secondary N) is 1. The molecule has 4 rings (SSSR count). The molecule has 0 unspecified atom stereocenters. The minimum atomic E-state index is -0.405. The largest absolute Gasteiger partial charge is 0.422 e. The van der Waals surface area contributed by atoms with E-state index in [1.807, 2.05) is 18.2 Å². The van der Waals surface area contributed by atoms with E-state index in [9.17, 15) is 9.59 Å². The summed E-state index contributed by atoms with van der Waals surface area (Å²) < 4.78 is 11.4. The maximum absolute atomic E-state index is 12.4. The summed E-state index contributed by atoms with van der Waals surface area (Å²) in [5.41, 5.74) is 0.137. The molecule has 1 N–H and O–H groups in total. The van der Waals surface area contributed by atoms with Crippen molar-refractivity contribution >= 4 is 38.3 Å². The first-order valence-corrected chi connectivity index (χ1v) is 9.08. The summed E-state index contributed by atoms with van der Waals surface area (Å²) in [5, 5.41) is 4.25. The maximum Gasteiger partial charge on any atom is 0.345 e. The van der Waals surface area contributed by atoms with Gasteiger partial charge in [-0.25, -0.2) is 4.79 Å². The number of thiophene rings is 1. The van der Waals surface area contributed by atoms with Gasteiger partial charge in [0.05, 0.1) is 28.2 Å². The minimum Gasteiger partial charge on any atom is -0.422 e. The smallest absolute Gasteiger partial charge is 0.345 e. The van der Waals surface area contributed by atoms with E-state index >= 15 is 0 Å². The van der Waals surface area contributed by atoms with Gasteiger partial charge in [-0.1, -0.05) is 12.1 Å². The van der Waals surface area contributed by atoms with Crippen LogP contribution in [0.4, 0.5) is 0 Å². The topological polar surface area (TPSA) is 71.8 Å². The molecule has 0 atom stereocenters. The molecule has 0 spiro atoms. The molecular formula is C18H18N2O4S. The molecule has 130 valence electrons. The molecule has 1 saturated heterocycles. The zero-order valence-electron chi connectivity index (χ0n) is 13.6. The molecule has 7 heteroatoms. The summed E-state index contributed by atoms with van der Waals surface area (Å²) in [7, 11) is 0. The fraction of sp³-hybridized carbons (Fsp3) is 0.333. The monoisotopic (exact) mass is 358 g/mol. The molecule has 0 saturated carbocycles. The van der Waals surface area contributed by atoms with E-state index in [1.165, 1.54) is 11.3 Å². The molecular weight excluding hydrogens is 340 g/mol. The van der Waals surface area contributed by atoms with Crippen LogP contribution in [-0.4, -0.2) is 50.2 Å². The highest BCUT2D eigenvalue weighted by atomic mass is 32.1. The zero-order valence-corrected chi connectivity index (χ0v) is 14.4. The third-order valence-electron chi connectivity index (χ3n) is 4.33. The van der Waals surface area contributed by atoms with E-state index < -0.39 is 5.63 Å². The number of fused-ring (bicyclic) bond motifs is 3. The first kappa shape index (κ1) is 16.3. The van der Waals surface area contributed by atoms with Crippen molar-refractivity contribution in [3.63, 3.8) is 0 Å². The Bertz CT molecular complexity index is 972. The minimum absolute atomic E-state index is 0.155. The van der Waals surface area contributed by atoms with E-state index in [2.05, 4.69) is 10.2 Å². The van der Waals surface area contributed by atoms with E-state index in [1.54, 1.807) is 12.1 Å². The van der Waals surface area contributed by atoms with Crippen LogP contribution in [0.5, 0.6) is 0 Å². The lowest BCUT2D eigenvalue weighted by atomic mass is 10.2. The summed E-state index contributed by atoms with van der Waals surface area (Å²) in [5.74, 6) is -0.155. The fourth-order valence-electron chi connectivity index (χ4n) is 2.99. The first-order chi connectivity index (χ1) is 12.2. The second-order valence-electron chi connectivity index (χ2n) is 5.95. The summed E-state index contributed by atoms with van der Waals surface area (Å²) >= 11 is 1.33. The van der Waals surface area contributed by atoms with Crippen LogP contribution in [0.2, 0.25) is 0 Å². The number of carbonyl (C=O) groups excluding carboxylic acids is 1. The Labute approximate surface area is 148 Å². The van der Waals surface area contributed by atoms with Gasteiger partial charge >= 0.3 is 5.63 Å². The number of carbonyl (C=O) groups is 1. The molecule has 1 fully saturated rings. The van der Waals surface area contributed by atoms with Crippen molar-refractivity contribution in [2.45, 2.75) is 0 Å². The van der Waals surface area contributed by atoms with Crippen molar-refractivity contribution < 1.29 is 13.9 Å². The molecule has 6 nitrogen and oxygen atoms in total. The second-order valence-corrected chi connectivity index (χ2v) is 7.00. The number of benzene rings is 1. The summed E-state index contributed by atoms with van der Waals surface area (Å²) in [4.78, 5) is 27.4. The van der Waals surface area contributed by atoms with Crippen LogP contribution in [0.1, 0.15) is 9.67 Å². The molecule has 3 aromatic rings. The number of hydrogen-bond acceptors (Lipinski definition) is 6. The fourth-order valence-corrected chi connectivity index (χ4v) is 4.08. The van der Waals surface area contributed by atoms with Crippen LogP contribution < -0.4 is 10.9 Å². The van der Waals surface area contributed by atoms with Crippen molar-refractivity contribution in [2.24, 2.45) is 0 Å². The van der Waals surface area contributed by atoms with Gasteiger partial charge in [-0.2, -0.15) is 0 Å². The quantitative estimate of drug-likeness (QED) is 0.723. The number of hydrogen-bond donors (Lipinski definition) is 1. The highest BCUT2D eigenvalue weighted by molar-refractivity contribution is 7.21. The van der Waals surface area contributed by atoms with Gasteiger partial charge in [0, 0.05) is 31.6 Å². The Morgan fingerprint density at radius 1 is 1.20 bits per heavy atom. The Hall–Kier alpha value is -2.22. The van der Waals surface area contributed by atoms with Gasteiger partial charge in [0.15, 0.2) is 0 Å². The van der Waals surface area contributed by atoms with Gasteiger partial charge in [0.25, 0.3) is 5.91 Å². The number of rotatable bonds is 4. The van der Waals surface area contributed by atoms with Gasteiger partial charge in [0.2, 0.25) is 0 Å². The highest BCUT2D eigenvalue weighted by Crippen LogP contribution is 2.30. The average molecular weight is 358 g/mol.